The molecule has 0 rings (SSSR count). The Kier molecular flexibility index (Phi) is 25.3. The first-order chi connectivity index (χ1) is 7.70. The van der Waals surface area contributed by atoms with Crippen molar-refractivity contribution in [1.82, 2.24) is 0 Å². The molecule has 0 saturated carbocycles. The maximum absolute atomic E-state index is 10.8. The van der Waals surface area contributed by atoms with Crippen molar-refractivity contribution in [3.63, 3.8) is 0 Å². The molecule has 0 atom stereocenters. The molecule has 0 saturated heterocycles. The van der Waals surface area contributed by atoms with Gasteiger partial charge in [-0.05, 0) is 25.8 Å². The molecule has 0 fully saturated rings. The Morgan fingerprint density at radius 2 is 1.62 bits per heavy atom. The first-order valence-corrected chi connectivity index (χ1v) is 6.51. The number of hydrogen-bond acceptors (Lipinski definition) is 1. The van der Waals surface area contributed by atoms with E-state index < -0.39 is 0 Å². The highest BCUT2D eigenvalue weighted by molar-refractivity contribution is 5.78. The van der Waals surface area contributed by atoms with Gasteiger partial charge in [-0.3, -0.25) is 4.79 Å². The van der Waals surface area contributed by atoms with E-state index in [1.807, 2.05) is 46.8 Å². The lowest BCUT2D eigenvalue weighted by Crippen LogP contribution is -1.91. The third-order valence-electron chi connectivity index (χ3n) is 1.53. The van der Waals surface area contributed by atoms with Crippen molar-refractivity contribution in [1.29, 1.82) is 0 Å². The monoisotopic (exact) mass is 226 g/mol. The molecule has 0 aromatic carbocycles. The second-order valence-electron chi connectivity index (χ2n) is 2.95. The number of rotatable bonds is 5. The molecular weight excluding hydrogens is 196 g/mol. The van der Waals surface area contributed by atoms with E-state index >= 15 is 0 Å². The van der Waals surface area contributed by atoms with Crippen molar-refractivity contribution in [3.05, 3.63) is 23.8 Å². The van der Waals surface area contributed by atoms with Crippen LogP contribution in [0.3, 0.4) is 0 Å². The third-order valence-corrected chi connectivity index (χ3v) is 1.53. The first kappa shape index (κ1) is 20.5. The van der Waals surface area contributed by atoms with Gasteiger partial charge in [-0.25, -0.2) is 0 Å². The minimum Gasteiger partial charge on any atom is -0.300 e. The lowest BCUT2D eigenvalue weighted by Gasteiger charge is -1.97. The van der Waals surface area contributed by atoms with E-state index in [-0.39, 0.29) is 5.78 Å². The quantitative estimate of drug-likeness (QED) is 0.580. The van der Waals surface area contributed by atoms with E-state index in [2.05, 4.69) is 13.0 Å². The minimum atomic E-state index is 0.232. The van der Waals surface area contributed by atoms with E-state index in [1.54, 1.807) is 6.92 Å². The molecule has 0 aromatic heterocycles. The average Bonchev–Trinajstić information content (AvgIpc) is 2.31. The molecule has 0 aliphatic rings. The Bertz CT molecular complexity index is 188. The second-order valence-corrected chi connectivity index (χ2v) is 2.95. The van der Waals surface area contributed by atoms with Crippen LogP contribution >= 0.6 is 0 Å². The highest BCUT2D eigenvalue weighted by Gasteiger charge is 1.95. The zero-order chi connectivity index (χ0) is 13.4. The van der Waals surface area contributed by atoms with Crippen molar-refractivity contribution >= 4 is 5.78 Å². The van der Waals surface area contributed by atoms with Gasteiger partial charge in [0.25, 0.3) is 0 Å². The molecule has 0 heterocycles. The smallest absolute Gasteiger partial charge is 0.134 e. The molecule has 1 heteroatoms. The fourth-order valence-electron chi connectivity index (χ4n) is 1.03. The summed E-state index contributed by atoms with van der Waals surface area (Å²) >= 11 is 0. The lowest BCUT2D eigenvalue weighted by atomic mass is 10.1. The number of ketones is 1. The summed E-state index contributed by atoms with van der Waals surface area (Å²) in [5.74, 6) is 0.232. The van der Waals surface area contributed by atoms with E-state index in [0.717, 1.165) is 18.4 Å². The topological polar surface area (TPSA) is 17.1 Å². The van der Waals surface area contributed by atoms with Crippen molar-refractivity contribution in [3.8, 4) is 0 Å². The van der Waals surface area contributed by atoms with Gasteiger partial charge in [0.2, 0.25) is 0 Å². The van der Waals surface area contributed by atoms with Crippen molar-refractivity contribution in [2.75, 3.05) is 0 Å². The Balaban J connectivity index is -0.000000376. The Hall–Kier alpha value is -0.850. The molecular formula is C15H30O. The largest absolute Gasteiger partial charge is 0.300 e. The average molecular weight is 226 g/mol. The van der Waals surface area contributed by atoms with Crippen LogP contribution in [0.15, 0.2) is 23.8 Å². The molecule has 0 bridgehead atoms. The van der Waals surface area contributed by atoms with Crippen LogP contribution in [0.5, 0.6) is 0 Å². The van der Waals surface area contributed by atoms with E-state index in [4.69, 9.17) is 0 Å². The fraction of sp³-hybridized carbons (Fsp3) is 0.667. The maximum Gasteiger partial charge on any atom is 0.134 e. The Morgan fingerprint density at radius 3 is 1.94 bits per heavy atom. The number of unbranched alkanes of at least 4 members (excludes halogenated alkanes) is 1. The molecule has 96 valence electrons. The van der Waals surface area contributed by atoms with Crippen LogP contribution in [-0.4, -0.2) is 5.78 Å². The molecule has 0 N–H and O–H groups in total. The summed E-state index contributed by atoms with van der Waals surface area (Å²) in [7, 11) is 0. The number of allylic oxidation sites excluding steroid dienone is 4. The van der Waals surface area contributed by atoms with Gasteiger partial charge in [-0.1, -0.05) is 59.3 Å². The summed E-state index contributed by atoms with van der Waals surface area (Å²) < 4.78 is 0. The van der Waals surface area contributed by atoms with Crippen LogP contribution in [0.1, 0.15) is 67.7 Å². The van der Waals surface area contributed by atoms with Gasteiger partial charge in [0.15, 0.2) is 0 Å². The molecule has 0 unspecified atom stereocenters. The third kappa shape index (κ3) is 18.8. The van der Waals surface area contributed by atoms with Gasteiger partial charge in [-0.15, -0.1) is 0 Å². The van der Waals surface area contributed by atoms with Gasteiger partial charge in [-0.2, -0.15) is 0 Å². The van der Waals surface area contributed by atoms with E-state index in [9.17, 15) is 4.79 Å². The number of carbonyl (C=O) groups is 1. The predicted octanol–water partition coefficient (Wildman–Crippen LogP) is 5.32. The zero-order valence-corrected chi connectivity index (χ0v) is 12.3. The Labute approximate surface area is 103 Å². The summed E-state index contributed by atoms with van der Waals surface area (Å²) in [6.45, 7) is 13.7. The van der Waals surface area contributed by atoms with Crippen LogP contribution in [-0.2, 0) is 4.79 Å². The normalized spacial score (nSPS) is 10.1. The van der Waals surface area contributed by atoms with E-state index in [0.29, 0.717) is 6.42 Å². The molecule has 1 nitrogen and oxygen atoms in total. The number of hydrogen-bond donors (Lipinski definition) is 0. The first-order valence-electron chi connectivity index (χ1n) is 6.51. The summed E-state index contributed by atoms with van der Waals surface area (Å²) in [6.07, 6.45) is 8.90. The van der Waals surface area contributed by atoms with Crippen molar-refractivity contribution in [2.24, 2.45) is 0 Å². The molecule has 0 amide bonds. The van der Waals surface area contributed by atoms with Crippen LogP contribution in [0, 0.1) is 0 Å². The van der Waals surface area contributed by atoms with Crippen molar-refractivity contribution < 1.29 is 4.79 Å². The standard InChI is InChI=1S/C11H18O.2C2H6/c1-4-6-8-11(7-5-2)9-10(3)12;2*1-2/h5,7-8H,4,6,9H2,1-3H3;2*1-2H3/b7-5-,11-8+;;. The SMILES string of the molecule is C/C=C\C(=C/CCC)CC(C)=O.CC.CC. The Morgan fingerprint density at radius 1 is 1.12 bits per heavy atom. The van der Waals surface area contributed by atoms with Gasteiger partial charge < -0.3 is 0 Å². The molecule has 0 aliphatic carbocycles. The molecule has 0 spiro atoms. The van der Waals surface area contributed by atoms with Gasteiger partial charge in [0.05, 0.1) is 0 Å². The molecule has 0 radical (unpaired) electrons. The highest BCUT2D eigenvalue weighted by atomic mass is 16.1. The van der Waals surface area contributed by atoms with E-state index in [1.165, 1.54) is 0 Å². The second kappa shape index (κ2) is 19.7. The minimum absolute atomic E-state index is 0.232. The summed E-state index contributed by atoms with van der Waals surface area (Å²) in [4.78, 5) is 10.8. The van der Waals surface area contributed by atoms with Gasteiger partial charge >= 0.3 is 0 Å². The fourth-order valence-corrected chi connectivity index (χ4v) is 1.03. The van der Waals surface area contributed by atoms with Crippen LogP contribution in [0.25, 0.3) is 0 Å². The summed E-state index contributed by atoms with van der Waals surface area (Å²) in [5, 5.41) is 0. The summed E-state index contributed by atoms with van der Waals surface area (Å²) in [5.41, 5.74) is 1.15. The zero-order valence-electron chi connectivity index (χ0n) is 12.3. The maximum atomic E-state index is 10.8. The van der Waals surface area contributed by atoms with Crippen LogP contribution < -0.4 is 0 Å². The summed E-state index contributed by atoms with van der Waals surface area (Å²) in [6, 6.07) is 0. The number of Topliss-reactive ketones (excluding diaryl/α,β-unsaturated/α-hetero) is 1. The van der Waals surface area contributed by atoms with Crippen LogP contribution in [0.4, 0.5) is 0 Å². The molecule has 16 heavy (non-hydrogen) atoms. The molecule has 0 aliphatic heterocycles. The van der Waals surface area contributed by atoms with Gasteiger partial charge in [0.1, 0.15) is 5.78 Å². The number of carbonyl (C=O) groups excluding carboxylic acids is 1. The van der Waals surface area contributed by atoms with Gasteiger partial charge in [0, 0.05) is 6.42 Å². The predicted molar refractivity (Wildman–Crippen MR) is 75.8 cm³/mol. The molecule has 0 aromatic rings. The van der Waals surface area contributed by atoms with Crippen molar-refractivity contribution in [2.45, 2.75) is 67.7 Å². The highest BCUT2D eigenvalue weighted by Crippen LogP contribution is 2.06. The van der Waals surface area contributed by atoms with Crippen LogP contribution in [0.2, 0.25) is 0 Å². The lowest BCUT2D eigenvalue weighted by molar-refractivity contribution is -0.116.